The van der Waals surface area contributed by atoms with Crippen LogP contribution in [-0.2, 0) is 10.3 Å². The Morgan fingerprint density at radius 3 is 2.47 bits per heavy atom. The smallest absolute Gasteiger partial charge is 0.254 e. The maximum absolute atomic E-state index is 13.2. The Balaban J connectivity index is 0.00000289. The molecule has 0 radical (unpaired) electrons. The quantitative estimate of drug-likeness (QED) is 0.674. The summed E-state index contributed by atoms with van der Waals surface area (Å²) in [5.74, 6) is 0.0622. The van der Waals surface area contributed by atoms with E-state index in [4.69, 9.17) is 4.98 Å². The fourth-order valence-corrected chi connectivity index (χ4v) is 5.67. The van der Waals surface area contributed by atoms with Crippen molar-refractivity contribution in [2.24, 2.45) is 0 Å². The molecule has 2 fully saturated rings. The highest BCUT2D eigenvalue weighted by molar-refractivity contribution is 7.13. The summed E-state index contributed by atoms with van der Waals surface area (Å²) < 4.78 is 0. The summed E-state index contributed by atoms with van der Waals surface area (Å²) in [5.41, 5.74) is 2.05. The topological polar surface area (TPSA) is 65.5 Å². The Labute approximate surface area is 200 Å². The molecule has 1 N–H and O–H groups in total. The summed E-state index contributed by atoms with van der Waals surface area (Å²) in [4.78, 5) is 33.9. The Morgan fingerprint density at radius 2 is 1.81 bits per heavy atom. The number of rotatable bonds is 6. The molecular formula is C24H33ClN4O2S. The molecular weight excluding hydrogens is 444 g/mol. The maximum atomic E-state index is 13.2. The predicted octanol–water partition coefficient (Wildman–Crippen LogP) is 4.30. The van der Waals surface area contributed by atoms with Gasteiger partial charge in [0.25, 0.3) is 5.91 Å². The van der Waals surface area contributed by atoms with Crippen molar-refractivity contribution < 1.29 is 9.59 Å². The van der Waals surface area contributed by atoms with Crippen molar-refractivity contribution in [3.8, 4) is 10.6 Å². The Kier molecular flexibility index (Phi) is 7.96. The fraction of sp³-hybridized carbons (Fsp3) is 0.542. The third kappa shape index (κ3) is 5.50. The van der Waals surface area contributed by atoms with Gasteiger partial charge in [-0.25, -0.2) is 4.98 Å². The molecule has 2 saturated heterocycles. The van der Waals surface area contributed by atoms with Crippen LogP contribution in [0, 0.1) is 0 Å². The average Bonchev–Trinajstić information content (AvgIpc) is 3.49. The summed E-state index contributed by atoms with van der Waals surface area (Å²) in [6.45, 7) is 9.61. The average molecular weight is 477 g/mol. The summed E-state index contributed by atoms with van der Waals surface area (Å²) in [7, 11) is 0. The third-order valence-electron chi connectivity index (χ3n) is 6.32. The molecule has 2 aliphatic rings. The number of hydrogen-bond donors (Lipinski definition) is 1. The molecule has 0 bridgehead atoms. The van der Waals surface area contributed by atoms with Gasteiger partial charge in [0, 0.05) is 42.6 Å². The van der Waals surface area contributed by atoms with Crippen LogP contribution in [-0.4, -0.2) is 58.8 Å². The summed E-state index contributed by atoms with van der Waals surface area (Å²) in [5, 5.41) is 5.81. The van der Waals surface area contributed by atoms with Gasteiger partial charge in [0.2, 0.25) is 5.91 Å². The van der Waals surface area contributed by atoms with Gasteiger partial charge in [-0.15, -0.1) is 23.7 Å². The lowest BCUT2D eigenvalue weighted by atomic mass is 10.0. The van der Waals surface area contributed by atoms with E-state index in [9.17, 15) is 9.59 Å². The number of nitrogens with one attached hydrogen (secondary N) is 1. The lowest BCUT2D eigenvalue weighted by molar-refractivity contribution is -0.120. The van der Waals surface area contributed by atoms with E-state index >= 15 is 0 Å². The van der Waals surface area contributed by atoms with Crippen molar-refractivity contribution in [3.05, 3.63) is 40.9 Å². The molecule has 1 aromatic carbocycles. The van der Waals surface area contributed by atoms with Crippen molar-refractivity contribution in [2.45, 2.75) is 58.0 Å². The largest absolute Gasteiger partial charge is 0.346 e. The zero-order valence-corrected chi connectivity index (χ0v) is 20.7. The van der Waals surface area contributed by atoms with E-state index in [1.807, 2.05) is 43.5 Å². The van der Waals surface area contributed by atoms with Gasteiger partial charge in [0.15, 0.2) is 0 Å². The van der Waals surface area contributed by atoms with Crippen molar-refractivity contribution in [2.75, 3.05) is 26.2 Å². The molecule has 1 aromatic heterocycles. The van der Waals surface area contributed by atoms with E-state index in [0.29, 0.717) is 6.04 Å². The van der Waals surface area contributed by atoms with Crippen LogP contribution in [0.3, 0.4) is 0 Å². The van der Waals surface area contributed by atoms with Gasteiger partial charge in [-0.1, -0.05) is 12.1 Å². The second kappa shape index (κ2) is 10.3. The molecule has 2 amide bonds. The number of thiazole rings is 1. The molecule has 2 aromatic rings. The van der Waals surface area contributed by atoms with Gasteiger partial charge in [-0.05, 0) is 64.8 Å². The first-order valence-electron chi connectivity index (χ1n) is 11.2. The minimum absolute atomic E-state index is 0. The molecule has 174 valence electrons. The van der Waals surface area contributed by atoms with Gasteiger partial charge >= 0.3 is 0 Å². The van der Waals surface area contributed by atoms with Crippen molar-refractivity contribution >= 4 is 35.6 Å². The number of benzene rings is 1. The van der Waals surface area contributed by atoms with Gasteiger partial charge < -0.3 is 15.1 Å². The highest BCUT2D eigenvalue weighted by Gasteiger charge is 2.31. The zero-order valence-electron chi connectivity index (χ0n) is 19.1. The SMILES string of the molecule is CC(=O)NC(C)(C)c1csc(-c2ccc(C(=O)N3CCC[C@H]3CN3CCCC3)cc2)n1.Cl. The molecule has 0 saturated carbocycles. The minimum atomic E-state index is -0.517. The number of aromatic nitrogens is 1. The van der Waals surface area contributed by atoms with E-state index < -0.39 is 5.54 Å². The first-order valence-corrected chi connectivity index (χ1v) is 12.1. The van der Waals surface area contributed by atoms with E-state index in [0.717, 1.165) is 47.8 Å². The maximum Gasteiger partial charge on any atom is 0.254 e. The Morgan fingerprint density at radius 1 is 1.12 bits per heavy atom. The second-order valence-corrected chi connectivity index (χ2v) is 10.1. The highest BCUT2D eigenvalue weighted by Crippen LogP contribution is 2.30. The molecule has 0 unspecified atom stereocenters. The first kappa shape index (κ1) is 24.7. The molecule has 1 atom stereocenters. The van der Waals surface area contributed by atoms with E-state index in [1.165, 1.54) is 32.9 Å². The summed E-state index contributed by atoms with van der Waals surface area (Å²) in [6.07, 6.45) is 4.76. The van der Waals surface area contributed by atoms with Crippen LogP contribution in [0.25, 0.3) is 10.6 Å². The van der Waals surface area contributed by atoms with E-state index in [2.05, 4.69) is 15.1 Å². The molecule has 6 nitrogen and oxygen atoms in total. The first-order chi connectivity index (χ1) is 14.8. The summed E-state index contributed by atoms with van der Waals surface area (Å²) in [6, 6.07) is 8.13. The standard InChI is InChI=1S/C24H32N4O2S.ClH/c1-17(29)26-24(2,3)21-16-31-22(25-21)18-8-10-19(11-9-18)23(30)28-14-6-7-20(28)15-27-12-4-5-13-27;/h8-11,16,20H,4-7,12-15H2,1-3H3,(H,26,29);1H/t20-;/m0./s1. The molecule has 3 heterocycles. The van der Waals surface area contributed by atoms with Crippen LogP contribution in [0.5, 0.6) is 0 Å². The number of halogens is 1. The van der Waals surface area contributed by atoms with Gasteiger partial charge in [-0.2, -0.15) is 0 Å². The van der Waals surface area contributed by atoms with Crippen LogP contribution >= 0.6 is 23.7 Å². The van der Waals surface area contributed by atoms with Crippen molar-refractivity contribution in [3.63, 3.8) is 0 Å². The molecule has 32 heavy (non-hydrogen) atoms. The molecule has 4 rings (SSSR count). The minimum Gasteiger partial charge on any atom is -0.346 e. The van der Waals surface area contributed by atoms with Crippen LogP contribution in [0.1, 0.15) is 62.5 Å². The van der Waals surface area contributed by atoms with E-state index in [1.54, 1.807) is 11.3 Å². The molecule has 0 aliphatic carbocycles. The van der Waals surface area contributed by atoms with Crippen LogP contribution in [0.15, 0.2) is 29.6 Å². The number of likely N-dealkylation sites (tertiary alicyclic amines) is 2. The van der Waals surface area contributed by atoms with Crippen LogP contribution in [0.2, 0.25) is 0 Å². The highest BCUT2D eigenvalue weighted by atomic mass is 35.5. The van der Waals surface area contributed by atoms with Gasteiger partial charge in [0.1, 0.15) is 5.01 Å². The zero-order chi connectivity index (χ0) is 22.0. The number of nitrogens with zero attached hydrogens (tertiary/aromatic N) is 3. The van der Waals surface area contributed by atoms with E-state index in [-0.39, 0.29) is 24.2 Å². The second-order valence-electron chi connectivity index (χ2n) is 9.22. The molecule has 8 heteroatoms. The number of carbonyl (C=O) groups is 2. The lowest BCUT2D eigenvalue weighted by Gasteiger charge is -2.28. The third-order valence-corrected chi connectivity index (χ3v) is 7.21. The molecule has 0 spiro atoms. The van der Waals surface area contributed by atoms with Crippen molar-refractivity contribution in [1.29, 1.82) is 0 Å². The van der Waals surface area contributed by atoms with Gasteiger partial charge in [0.05, 0.1) is 11.2 Å². The van der Waals surface area contributed by atoms with Crippen molar-refractivity contribution in [1.82, 2.24) is 20.1 Å². The molecule has 2 aliphatic heterocycles. The lowest BCUT2D eigenvalue weighted by Crippen LogP contribution is -2.42. The normalized spacial score (nSPS) is 19.1. The Bertz CT molecular complexity index is 938. The number of hydrogen-bond acceptors (Lipinski definition) is 5. The predicted molar refractivity (Wildman–Crippen MR) is 131 cm³/mol. The van der Waals surface area contributed by atoms with Crippen LogP contribution in [0.4, 0.5) is 0 Å². The monoisotopic (exact) mass is 476 g/mol. The van der Waals surface area contributed by atoms with Gasteiger partial charge in [-0.3, -0.25) is 9.59 Å². The fourth-order valence-electron chi connectivity index (χ4n) is 4.67. The number of carbonyl (C=O) groups excluding carboxylic acids is 2. The number of amides is 2. The summed E-state index contributed by atoms with van der Waals surface area (Å²) >= 11 is 1.55. The Hall–Kier alpha value is -1.96. The van der Waals surface area contributed by atoms with Crippen LogP contribution < -0.4 is 5.32 Å².